The van der Waals surface area contributed by atoms with E-state index in [1.807, 2.05) is 24.3 Å². The van der Waals surface area contributed by atoms with Crippen molar-refractivity contribution in [2.24, 2.45) is 0 Å². The molecule has 4 rings (SSSR count). The maximum absolute atomic E-state index is 13.0. The number of nitrogens with one attached hydrogen (secondary N) is 1. The quantitative estimate of drug-likeness (QED) is 0.664. The van der Waals surface area contributed by atoms with Gasteiger partial charge in [-0.25, -0.2) is 4.98 Å². The fourth-order valence-corrected chi connectivity index (χ4v) is 3.82. The summed E-state index contributed by atoms with van der Waals surface area (Å²) in [6, 6.07) is 15.9. The first-order valence-electron chi connectivity index (χ1n) is 9.81. The molecule has 2 heterocycles. The van der Waals surface area contributed by atoms with Crippen LogP contribution in [0.1, 0.15) is 46.6 Å². The Morgan fingerprint density at radius 2 is 1.82 bits per heavy atom. The number of amides is 1. The van der Waals surface area contributed by atoms with E-state index in [9.17, 15) is 4.79 Å². The monoisotopic (exact) mass is 393 g/mol. The van der Waals surface area contributed by atoms with Crippen LogP contribution >= 0.6 is 11.6 Å². The largest absolute Gasteiger partial charge is 0.347 e. The molecule has 0 atom stereocenters. The molecule has 0 aliphatic carbocycles. The minimum Gasteiger partial charge on any atom is -0.347 e. The molecule has 0 saturated carbocycles. The zero-order valence-corrected chi connectivity index (χ0v) is 16.8. The van der Waals surface area contributed by atoms with Gasteiger partial charge in [-0.2, -0.15) is 0 Å². The summed E-state index contributed by atoms with van der Waals surface area (Å²) in [5, 5.41) is 3.71. The maximum Gasteiger partial charge on any atom is 0.272 e. The highest BCUT2D eigenvalue weighted by atomic mass is 35.5. The van der Waals surface area contributed by atoms with Gasteiger partial charge in [0.25, 0.3) is 5.91 Å². The van der Waals surface area contributed by atoms with Crippen LogP contribution in [0.25, 0.3) is 11.4 Å². The molecule has 144 valence electrons. The molecule has 1 N–H and O–H groups in total. The average Bonchev–Trinajstić information content (AvgIpc) is 2.89. The van der Waals surface area contributed by atoms with Crippen LogP contribution in [0.3, 0.4) is 0 Å². The summed E-state index contributed by atoms with van der Waals surface area (Å²) in [7, 11) is 0. The highest BCUT2D eigenvalue weighted by Gasteiger charge is 2.24. The lowest BCUT2D eigenvalue weighted by atomic mass is 10.1. The molecule has 0 fully saturated rings. The van der Waals surface area contributed by atoms with Crippen LogP contribution < -0.4 is 5.32 Å². The minimum absolute atomic E-state index is 0.112. The van der Waals surface area contributed by atoms with E-state index in [1.165, 1.54) is 12.0 Å². The lowest BCUT2D eigenvalue weighted by Gasteiger charge is -2.09. The zero-order chi connectivity index (χ0) is 19.5. The highest BCUT2D eigenvalue weighted by Crippen LogP contribution is 2.27. The molecule has 0 saturated heterocycles. The molecule has 5 heteroatoms. The smallest absolute Gasteiger partial charge is 0.272 e. The van der Waals surface area contributed by atoms with Crippen LogP contribution in [-0.4, -0.2) is 15.5 Å². The number of benzene rings is 2. The SMILES string of the molecule is Cc1ccc(-c2nc(C(=O)NCc3ccc(Cl)cc3)c3n2CCCCC3)cc1. The molecule has 1 aliphatic heterocycles. The molecule has 4 nitrogen and oxygen atoms in total. The molecule has 0 radical (unpaired) electrons. The van der Waals surface area contributed by atoms with Gasteiger partial charge < -0.3 is 9.88 Å². The number of nitrogens with zero attached hydrogens (tertiary/aromatic N) is 2. The van der Waals surface area contributed by atoms with Crippen LogP contribution in [0.5, 0.6) is 0 Å². The number of rotatable bonds is 4. The molecule has 1 amide bonds. The van der Waals surface area contributed by atoms with E-state index < -0.39 is 0 Å². The first-order chi connectivity index (χ1) is 13.6. The van der Waals surface area contributed by atoms with E-state index in [0.717, 1.165) is 48.5 Å². The van der Waals surface area contributed by atoms with Crippen molar-refractivity contribution >= 4 is 17.5 Å². The van der Waals surface area contributed by atoms with Crippen molar-refractivity contribution in [1.29, 1.82) is 0 Å². The summed E-state index contributed by atoms with van der Waals surface area (Å²) in [6.07, 6.45) is 4.29. The van der Waals surface area contributed by atoms with Gasteiger partial charge in [0.15, 0.2) is 0 Å². The van der Waals surface area contributed by atoms with E-state index in [-0.39, 0.29) is 5.91 Å². The van der Waals surface area contributed by atoms with Gasteiger partial charge >= 0.3 is 0 Å². The Balaban J connectivity index is 1.63. The van der Waals surface area contributed by atoms with E-state index in [4.69, 9.17) is 16.6 Å². The fourth-order valence-electron chi connectivity index (χ4n) is 3.69. The van der Waals surface area contributed by atoms with Crippen LogP contribution in [-0.2, 0) is 19.5 Å². The van der Waals surface area contributed by atoms with Gasteiger partial charge in [0.05, 0.1) is 5.69 Å². The second-order valence-corrected chi connectivity index (χ2v) is 7.80. The van der Waals surface area contributed by atoms with Gasteiger partial charge in [-0.3, -0.25) is 4.79 Å². The van der Waals surface area contributed by atoms with E-state index in [2.05, 4.69) is 41.1 Å². The van der Waals surface area contributed by atoms with Crippen LogP contribution in [0, 0.1) is 6.92 Å². The number of aromatic nitrogens is 2. The standard InChI is InChI=1S/C23H24ClN3O/c1-16-6-10-18(11-7-16)22-26-21(20-5-3-2-4-14-27(20)22)23(28)25-15-17-8-12-19(24)13-9-17/h6-13H,2-5,14-15H2,1H3,(H,25,28). The Hall–Kier alpha value is -2.59. The highest BCUT2D eigenvalue weighted by molar-refractivity contribution is 6.30. The summed E-state index contributed by atoms with van der Waals surface area (Å²) in [6.45, 7) is 3.45. The van der Waals surface area contributed by atoms with Gasteiger partial charge in [-0.1, -0.05) is 60.0 Å². The summed E-state index contributed by atoms with van der Waals surface area (Å²) in [5.74, 6) is 0.785. The summed E-state index contributed by atoms with van der Waals surface area (Å²) >= 11 is 5.94. The molecule has 0 spiro atoms. The second kappa shape index (κ2) is 8.19. The summed E-state index contributed by atoms with van der Waals surface area (Å²) < 4.78 is 2.24. The molecule has 0 unspecified atom stereocenters. The summed E-state index contributed by atoms with van der Waals surface area (Å²) in [5.41, 5.74) is 4.91. The topological polar surface area (TPSA) is 46.9 Å². The van der Waals surface area contributed by atoms with Crippen molar-refractivity contribution in [3.63, 3.8) is 0 Å². The molecule has 1 aromatic heterocycles. The lowest BCUT2D eigenvalue weighted by Crippen LogP contribution is -2.24. The molecule has 28 heavy (non-hydrogen) atoms. The Morgan fingerprint density at radius 1 is 1.07 bits per heavy atom. The Bertz CT molecular complexity index is 974. The van der Waals surface area contributed by atoms with Crippen molar-refractivity contribution in [1.82, 2.24) is 14.9 Å². The average molecular weight is 394 g/mol. The lowest BCUT2D eigenvalue weighted by molar-refractivity contribution is 0.0945. The van der Waals surface area contributed by atoms with Crippen molar-refractivity contribution in [2.75, 3.05) is 0 Å². The number of fused-ring (bicyclic) bond motifs is 1. The molecule has 2 aromatic carbocycles. The van der Waals surface area contributed by atoms with Crippen molar-refractivity contribution in [3.8, 4) is 11.4 Å². The number of hydrogen-bond donors (Lipinski definition) is 1. The van der Waals surface area contributed by atoms with E-state index in [1.54, 1.807) is 0 Å². The normalized spacial score (nSPS) is 13.6. The van der Waals surface area contributed by atoms with Crippen molar-refractivity contribution in [3.05, 3.63) is 76.1 Å². The molecular weight excluding hydrogens is 370 g/mol. The zero-order valence-electron chi connectivity index (χ0n) is 16.0. The minimum atomic E-state index is -0.112. The third kappa shape index (κ3) is 3.97. The van der Waals surface area contributed by atoms with Gasteiger partial charge in [0.1, 0.15) is 11.5 Å². The number of imidazole rings is 1. The molecule has 1 aliphatic rings. The molecular formula is C23H24ClN3O. The maximum atomic E-state index is 13.0. The van der Waals surface area contributed by atoms with Crippen molar-refractivity contribution < 1.29 is 4.79 Å². The van der Waals surface area contributed by atoms with Crippen LogP contribution in [0.15, 0.2) is 48.5 Å². The first-order valence-corrected chi connectivity index (χ1v) is 10.2. The number of hydrogen-bond acceptors (Lipinski definition) is 2. The predicted octanol–water partition coefficient (Wildman–Crippen LogP) is 5.17. The molecule has 3 aromatic rings. The third-order valence-corrected chi connectivity index (χ3v) is 5.51. The first kappa shape index (κ1) is 18.8. The number of aryl methyl sites for hydroxylation is 1. The summed E-state index contributed by atoms with van der Waals surface area (Å²) in [4.78, 5) is 17.7. The number of carbonyl (C=O) groups is 1. The van der Waals surface area contributed by atoms with Gasteiger partial charge in [0.2, 0.25) is 0 Å². The van der Waals surface area contributed by atoms with Gasteiger partial charge in [-0.15, -0.1) is 0 Å². The number of halogens is 1. The van der Waals surface area contributed by atoms with Gasteiger partial charge in [0, 0.05) is 23.7 Å². The van der Waals surface area contributed by atoms with Crippen molar-refractivity contribution in [2.45, 2.75) is 45.7 Å². The third-order valence-electron chi connectivity index (χ3n) is 5.26. The molecule has 0 bridgehead atoms. The Kier molecular flexibility index (Phi) is 5.49. The van der Waals surface area contributed by atoms with Gasteiger partial charge in [-0.05, 0) is 43.9 Å². The predicted molar refractivity (Wildman–Crippen MR) is 113 cm³/mol. The second-order valence-electron chi connectivity index (χ2n) is 7.37. The Labute approximate surface area is 170 Å². The Morgan fingerprint density at radius 3 is 2.57 bits per heavy atom. The fraction of sp³-hybridized carbons (Fsp3) is 0.304. The van der Waals surface area contributed by atoms with E-state index >= 15 is 0 Å². The number of carbonyl (C=O) groups excluding carboxylic acids is 1. The van der Waals surface area contributed by atoms with E-state index in [0.29, 0.717) is 17.3 Å². The van der Waals surface area contributed by atoms with Crippen LogP contribution in [0.2, 0.25) is 5.02 Å². The van der Waals surface area contributed by atoms with Crippen LogP contribution in [0.4, 0.5) is 0 Å².